The lowest BCUT2D eigenvalue weighted by Gasteiger charge is -2.09. The van der Waals surface area contributed by atoms with Gasteiger partial charge in [0.15, 0.2) is 0 Å². The Morgan fingerprint density at radius 3 is 2.28 bits per heavy atom. The van der Waals surface area contributed by atoms with Gasteiger partial charge in [-0.15, -0.1) is 0 Å². The van der Waals surface area contributed by atoms with Gasteiger partial charge in [-0.3, -0.25) is 4.98 Å². The fourth-order valence-corrected chi connectivity index (χ4v) is 5.29. The predicted octanol–water partition coefficient (Wildman–Crippen LogP) is 7.42. The van der Waals surface area contributed by atoms with Crippen LogP contribution in [0, 0.1) is 0 Å². The molecule has 0 fully saturated rings. The first-order chi connectivity index (χ1) is 15.9. The van der Waals surface area contributed by atoms with Crippen molar-refractivity contribution in [1.82, 2.24) is 9.55 Å². The van der Waals surface area contributed by atoms with Gasteiger partial charge in [-0.25, -0.2) is 0 Å². The van der Waals surface area contributed by atoms with Crippen LogP contribution in [0.4, 0.5) is 0 Å². The van der Waals surface area contributed by atoms with Crippen LogP contribution < -0.4 is 0 Å². The number of benzene rings is 4. The number of aromatic nitrogens is 2. The number of rotatable bonds is 2. The molecule has 4 aromatic carbocycles. The summed E-state index contributed by atoms with van der Waals surface area (Å²) in [6.07, 6.45) is 2.82. The summed E-state index contributed by atoms with van der Waals surface area (Å²) in [5, 5.41) is 2.62. The van der Waals surface area contributed by atoms with E-state index in [1.54, 1.807) is 0 Å². The van der Waals surface area contributed by atoms with Crippen LogP contribution in [0.25, 0.3) is 49.9 Å². The summed E-state index contributed by atoms with van der Waals surface area (Å²) in [4.78, 5) is 4.62. The Balaban J connectivity index is 1.53. The molecule has 0 unspecified atom stereocenters. The Morgan fingerprint density at radius 1 is 0.594 bits per heavy atom. The van der Waals surface area contributed by atoms with Crippen molar-refractivity contribution in [3.8, 4) is 28.1 Å². The minimum atomic E-state index is 0.943. The van der Waals surface area contributed by atoms with Crippen LogP contribution in [-0.4, -0.2) is 9.55 Å². The summed E-state index contributed by atoms with van der Waals surface area (Å²) in [5.41, 5.74) is 11.4. The van der Waals surface area contributed by atoms with Gasteiger partial charge in [-0.2, -0.15) is 0 Å². The van der Waals surface area contributed by atoms with Crippen molar-refractivity contribution >= 4 is 21.8 Å². The third-order valence-corrected chi connectivity index (χ3v) is 6.69. The highest BCUT2D eigenvalue weighted by Crippen LogP contribution is 2.44. The van der Waals surface area contributed by atoms with E-state index in [0.29, 0.717) is 0 Å². The average molecular weight is 409 g/mol. The first-order valence-corrected chi connectivity index (χ1v) is 11.0. The summed E-state index contributed by atoms with van der Waals surface area (Å²) >= 11 is 0. The Hall–Kier alpha value is -4.17. The SMILES string of the molecule is c1ccc(-n2c3ccccc3c3cc4c(cc32)-c2cccc(-c3ccccn3)c2C4)cc1. The maximum absolute atomic E-state index is 4.62. The van der Waals surface area contributed by atoms with E-state index >= 15 is 0 Å². The molecular formula is C30H20N2. The molecule has 2 heterocycles. The van der Waals surface area contributed by atoms with Crippen LogP contribution in [0.15, 0.2) is 109 Å². The lowest BCUT2D eigenvalue weighted by atomic mass is 9.99. The summed E-state index contributed by atoms with van der Waals surface area (Å²) in [6, 6.07) is 37.0. The van der Waals surface area contributed by atoms with Crippen molar-refractivity contribution in [2.45, 2.75) is 6.42 Å². The molecule has 2 nitrogen and oxygen atoms in total. The van der Waals surface area contributed by atoms with Crippen molar-refractivity contribution < 1.29 is 0 Å². The van der Waals surface area contributed by atoms with Crippen molar-refractivity contribution in [2.75, 3.05) is 0 Å². The molecule has 0 N–H and O–H groups in total. The van der Waals surface area contributed by atoms with Gasteiger partial charge in [0.2, 0.25) is 0 Å². The molecule has 150 valence electrons. The third-order valence-electron chi connectivity index (χ3n) is 6.69. The molecular weight excluding hydrogens is 388 g/mol. The molecule has 0 saturated carbocycles. The van der Waals surface area contributed by atoms with Crippen molar-refractivity contribution in [2.24, 2.45) is 0 Å². The van der Waals surface area contributed by atoms with Gasteiger partial charge in [0, 0.05) is 28.2 Å². The van der Waals surface area contributed by atoms with E-state index in [2.05, 4.69) is 107 Å². The van der Waals surface area contributed by atoms with Crippen LogP contribution >= 0.6 is 0 Å². The number of hydrogen-bond acceptors (Lipinski definition) is 1. The summed E-state index contributed by atoms with van der Waals surface area (Å²) < 4.78 is 2.39. The van der Waals surface area contributed by atoms with Crippen molar-refractivity contribution in [3.05, 3.63) is 120 Å². The third kappa shape index (κ3) is 2.44. The van der Waals surface area contributed by atoms with E-state index in [1.807, 2.05) is 12.3 Å². The minimum Gasteiger partial charge on any atom is -0.309 e. The topological polar surface area (TPSA) is 17.8 Å². The highest BCUT2D eigenvalue weighted by Gasteiger charge is 2.24. The number of hydrogen-bond donors (Lipinski definition) is 0. The summed E-state index contributed by atoms with van der Waals surface area (Å²) in [7, 11) is 0. The van der Waals surface area contributed by atoms with Crippen LogP contribution in [0.2, 0.25) is 0 Å². The van der Waals surface area contributed by atoms with E-state index < -0.39 is 0 Å². The summed E-state index contributed by atoms with van der Waals surface area (Å²) in [6.45, 7) is 0. The van der Waals surface area contributed by atoms with Gasteiger partial charge in [-0.05, 0) is 71.1 Å². The fourth-order valence-electron chi connectivity index (χ4n) is 5.29. The standard InChI is InChI=1S/C30H20N2/c1-2-9-21(10-3-1)32-29-15-5-4-11-24(29)27-18-20-17-26-22(25(20)19-30(27)32)12-8-13-23(26)28-14-6-7-16-31-28/h1-16,18-19H,17H2. The number of fused-ring (bicyclic) bond motifs is 6. The molecule has 32 heavy (non-hydrogen) atoms. The van der Waals surface area contributed by atoms with E-state index in [9.17, 15) is 0 Å². The molecule has 0 atom stereocenters. The van der Waals surface area contributed by atoms with Gasteiger partial charge in [-0.1, -0.05) is 60.7 Å². The Kier molecular flexibility index (Phi) is 3.65. The second kappa shape index (κ2) is 6.66. The van der Waals surface area contributed by atoms with E-state index in [-0.39, 0.29) is 0 Å². The lowest BCUT2D eigenvalue weighted by molar-refractivity contribution is 1.18. The van der Waals surface area contributed by atoms with Gasteiger partial charge in [0.1, 0.15) is 0 Å². The average Bonchev–Trinajstić information content (AvgIpc) is 3.38. The molecule has 0 aliphatic heterocycles. The first kappa shape index (κ1) is 17.5. The van der Waals surface area contributed by atoms with E-state index in [0.717, 1.165) is 12.1 Å². The molecule has 2 heteroatoms. The molecule has 1 aliphatic carbocycles. The molecule has 0 radical (unpaired) electrons. The molecule has 0 spiro atoms. The molecule has 0 saturated heterocycles. The first-order valence-electron chi connectivity index (χ1n) is 11.0. The lowest BCUT2D eigenvalue weighted by Crippen LogP contribution is -1.93. The van der Waals surface area contributed by atoms with Gasteiger partial charge in [0.05, 0.1) is 16.7 Å². The highest BCUT2D eigenvalue weighted by molar-refractivity contribution is 6.11. The Labute approximate surface area is 186 Å². The fraction of sp³-hybridized carbons (Fsp3) is 0.0333. The number of para-hydroxylation sites is 2. The largest absolute Gasteiger partial charge is 0.309 e. The van der Waals surface area contributed by atoms with Crippen LogP contribution in [-0.2, 0) is 6.42 Å². The van der Waals surface area contributed by atoms with Gasteiger partial charge in [0.25, 0.3) is 0 Å². The summed E-state index contributed by atoms with van der Waals surface area (Å²) in [5.74, 6) is 0. The highest BCUT2D eigenvalue weighted by atomic mass is 15.0. The maximum Gasteiger partial charge on any atom is 0.0705 e. The van der Waals surface area contributed by atoms with E-state index in [4.69, 9.17) is 0 Å². The Morgan fingerprint density at radius 2 is 1.41 bits per heavy atom. The van der Waals surface area contributed by atoms with Crippen molar-refractivity contribution in [1.29, 1.82) is 0 Å². The molecule has 0 amide bonds. The number of nitrogens with zero attached hydrogens (tertiary/aromatic N) is 2. The van der Waals surface area contributed by atoms with Gasteiger partial charge < -0.3 is 4.57 Å². The monoisotopic (exact) mass is 408 g/mol. The second-order valence-corrected chi connectivity index (χ2v) is 8.44. The zero-order chi connectivity index (χ0) is 21.1. The second-order valence-electron chi connectivity index (χ2n) is 8.44. The number of pyridine rings is 1. The normalized spacial score (nSPS) is 12.2. The molecule has 7 rings (SSSR count). The van der Waals surface area contributed by atoms with Crippen molar-refractivity contribution in [3.63, 3.8) is 0 Å². The maximum atomic E-state index is 4.62. The van der Waals surface area contributed by atoms with Crippen LogP contribution in [0.5, 0.6) is 0 Å². The smallest absolute Gasteiger partial charge is 0.0705 e. The molecule has 6 aromatic rings. The predicted molar refractivity (Wildman–Crippen MR) is 132 cm³/mol. The molecule has 2 aromatic heterocycles. The molecule has 0 bridgehead atoms. The molecule has 1 aliphatic rings. The zero-order valence-corrected chi connectivity index (χ0v) is 17.5. The Bertz CT molecular complexity index is 1630. The zero-order valence-electron chi connectivity index (χ0n) is 17.5. The van der Waals surface area contributed by atoms with Gasteiger partial charge >= 0.3 is 0 Å². The van der Waals surface area contributed by atoms with Crippen LogP contribution in [0.1, 0.15) is 11.1 Å². The van der Waals surface area contributed by atoms with E-state index in [1.165, 1.54) is 55.3 Å². The quantitative estimate of drug-likeness (QED) is 0.291. The van der Waals surface area contributed by atoms with Crippen LogP contribution in [0.3, 0.4) is 0 Å². The minimum absolute atomic E-state index is 0.943.